The average molecular weight is 180 g/mol. The molecule has 1 aliphatic heterocycles. The highest BCUT2D eigenvalue weighted by molar-refractivity contribution is 8.00. The largest absolute Gasteiger partial charge is 0.496 e. The molecule has 0 saturated carbocycles. The van der Waals surface area contributed by atoms with Crippen molar-refractivity contribution in [2.24, 2.45) is 0 Å². The molecule has 1 rings (SSSR count). The Labute approximate surface area is 66.2 Å². The fourth-order valence-electron chi connectivity index (χ4n) is 0.851. The summed E-state index contributed by atoms with van der Waals surface area (Å²) in [7, 11) is -0.674. The molecule has 1 heterocycles. The van der Waals surface area contributed by atoms with Crippen molar-refractivity contribution in [3.05, 3.63) is 0 Å². The third kappa shape index (κ3) is 2.20. The van der Waals surface area contributed by atoms with Crippen LogP contribution in [0.15, 0.2) is 0 Å². The first kappa shape index (κ1) is 8.47. The molecule has 1 saturated heterocycles. The van der Waals surface area contributed by atoms with Gasteiger partial charge in [0.1, 0.15) is 0 Å². The van der Waals surface area contributed by atoms with Crippen LogP contribution in [0.1, 0.15) is 13.3 Å². The highest BCUT2D eigenvalue weighted by Crippen LogP contribution is 2.30. The van der Waals surface area contributed by atoms with E-state index in [0.29, 0.717) is 0 Å². The molecule has 10 heavy (non-hydrogen) atoms. The van der Waals surface area contributed by atoms with E-state index in [1.54, 1.807) is 11.8 Å². The van der Waals surface area contributed by atoms with Crippen LogP contribution in [0, 0.1) is 0 Å². The number of thioether (sulfide) groups is 1. The van der Waals surface area contributed by atoms with Crippen LogP contribution in [0.3, 0.4) is 0 Å². The summed E-state index contributed by atoms with van der Waals surface area (Å²) in [6.07, 6.45) is 1.16. The lowest BCUT2D eigenvalue weighted by Gasteiger charge is -2.27. The van der Waals surface area contributed by atoms with Crippen LogP contribution in [0.25, 0.3) is 0 Å². The summed E-state index contributed by atoms with van der Waals surface area (Å²) in [5.74, 6) is 1.08. The number of nitrogens with one attached hydrogen (secondary N) is 1. The highest BCUT2D eigenvalue weighted by atomic mass is 32.2. The van der Waals surface area contributed by atoms with Crippen LogP contribution < -0.4 is 5.32 Å². The molecule has 0 aliphatic carbocycles. The standard InChI is InChI=1S/C5H11NO2PS/c1-5(8-9-7)6-3-2-4-10-5/h6,9H,2-4H2,1H3/q+1. The minimum absolute atomic E-state index is 0.404. The first-order valence-corrected chi connectivity index (χ1v) is 5.01. The summed E-state index contributed by atoms with van der Waals surface area (Å²) in [5, 5.41) is 2.74. The Balaban J connectivity index is 2.39. The summed E-state index contributed by atoms with van der Waals surface area (Å²) in [6.45, 7) is 2.86. The predicted molar refractivity (Wildman–Crippen MR) is 43.6 cm³/mol. The van der Waals surface area contributed by atoms with E-state index in [2.05, 4.69) is 5.32 Å². The molecule has 3 nitrogen and oxygen atoms in total. The SMILES string of the molecule is CC1(O[PH+]=O)NCCCS1. The van der Waals surface area contributed by atoms with Crippen molar-refractivity contribution in [2.75, 3.05) is 12.3 Å². The van der Waals surface area contributed by atoms with Crippen molar-refractivity contribution in [2.45, 2.75) is 18.4 Å². The van der Waals surface area contributed by atoms with E-state index in [1.165, 1.54) is 0 Å². The van der Waals surface area contributed by atoms with Crippen molar-refractivity contribution in [1.29, 1.82) is 0 Å². The van der Waals surface area contributed by atoms with Gasteiger partial charge in [-0.15, -0.1) is 16.3 Å². The Bertz CT molecular complexity index is 127. The van der Waals surface area contributed by atoms with E-state index in [9.17, 15) is 4.57 Å². The van der Waals surface area contributed by atoms with E-state index < -0.39 is 13.7 Å². The Kier molecular flexibility index (Phi) is 3.11. The molecule has 58 valence electrons. The predicted octanol–water partition coefficient (Wildman–Crippen LogP) is 1.34. The maximum absolute atomic E-state index is 10.2. The van der Waals surface area contributed by atoms with Gasteiger partial charge in [0.05, 0.1) is 0 Å². The molecule has 1 aliphatic rings. The lowest BCUT2D eigenvalue weighted by Crippen LogP contribution is -2.43. The maximum Gasteiger partial charge on any atom is 0.496 e. The van der Waals surface area contributed by atoms with E-state index in [-0.39, 0.29) is 0 Å². The first-order chi connectivity index (χ1) is 4.77. The molecule has 5 heteroatoms. The van der Waals surface area contributed by atoms with Gasteiger partial charge in [0.25, 0.3) is 0 Å². The van der Waals surface area contributed by atoms with Gasteiger partial charge < -0.3 is 0 Å². The normalized spacial score (nSPS) is 34.5. The van der Waals surface area contributed by atoms with Crippen LogP contribution in [0.5, 0.6) is 0 Å². The third-order valence-electron chi connectivity index (χ3n) is 1.38. The highest BCUT2D eigenvalue weighted by Gasteiger charge is 2.31. The second kappa shape index (κ2) is 3.67. The summed E-state index contributed by atoms with van der Waals surface area (Å²) < 4.78 is 15.1. The fraction of sp³-hybridized carbons (Fsp3) is 1.00. The Morgan fingerprint density at radius 1 is 1.80 bits per heavy atom. The molecule has 1 fully saturated rings. The van der Waals surface area contributed by atoms with Crippen LogP contribution in [-0.4, -0.2) is 17.4 Å². The first-order valence-electron chi connectivity index (χ1n) is 3.21. The maximum atomic E-state index is 10.2. The molecule has 1 N–H and O–H groups in total. The van der Waals surface area contributed by atoms with Gasteiger partial charge in [-0.3, -0.25) is 5.32 Å². The van der Waals surface area contributed by atoms with Crippen LogP contribution in [0.4, 0.5) is 0 Å². The summed E-state index contributed by atoms with van der Waals surface area (Å²) >= 11 is 1.66. The van der Waals surface area contributed by atoms with Crippen LogP contribution >= 0.6 is 20.4 Å². The van der Waals surface area contributed by atoms with Gasteiger partial charge in [-0.25, -0.2) is 0 Å². The van der Waals surface area contributed by atoms with Crippen LogP contribution in [0.2, 0.25) is 0 Å². The smallest absolute Gasteiger partial charge is 0.277 e. The second-order valence-corrected chi connectivity index (χ2v) is 4.11. The molecular weight excluding hydrogens is 169 g/mol. The number of hydrogen-bond donors (Lipinski definition) is 1. The monoisotopic (exact) mass is 180 g/mol. The van der Waals surface area contributed by atoms with Gasteiger partial charge in [-0.1, -0.05) is 0 Å². The summed E-state index contributed by atoms with van der Waals surface area (Å²) in [6, 6.07) is 0. The Morgan fingerprint density at radius 2 is 2.60 bits per heavy atom. The third-order valence-corrected chi connectivity index (χ3v) is 3.29. The second-order valence-electron chi connectivity index (χ2n) is 2.26. The fourth-order valence-corrected chi connectivity index (χ4v) is 2.30. The molecule has 0 aromatic heterocycles. The van der Waals surface area contributed by atoms with E-state index in [4.69, 9.17) is 4.52 Å². The van der Waals surface area contributed by atoms with Crippen molar-refractivity contribution in [3.8, 4) is 0 Å². The number of rotatable bonds is 2. The zero-order valence-corrected chi connectivity index (χ0v) is 7.66. The molecule has 2 atom stereocenters. The quantitative estimate of drug-likeness (QED) is 0.651. The molecule has 0 amide bonds. The van der Waals surface area contributed by atoms with Gasteiger partial charge in [0.15, 0.2) is 0 Å². The van der Waals surface area contributed by atoms with Gasteiger partial charge in [0, 0.05) is 0 Å². The average Bonchev–Trinajstić information content (AvgIpc) is 1.89. The molecule has 0 aromatic carbocycles. The zero-order chi connectivity index (χ0) is 7.45. The van der Waals surface area contributed by atoms with Gasteiger partial charge in [-0.05, 0) is 30.2 Å². The van der Waals surface area contributed by atoms with Gasteiger partial charge in [-0.2, -0.15) is 0 Å². The molecular formula is C5H11NO2PS+. The minimum Gasteiger partial charge on any atom is -0.277 e. The summed E-state index contributed by atoms with van der Waals surface area (Å²) in [5.41, 5.74) is 0. The van der Waals surface area contributed by atoms with Crippen molar-refractivity contribution in [1.82, 2.24) is 5.32 Å². The van der Waals surface area contributed by atoms with Gasteiger partial charge >= 0.3 is 8.69 Å². The molecule has 2 unspecified atom stereocenters. The van der Waals surface area contributed by atoms with Crippen molar-refractivity contribution >= 4 is 20.4 Å². The molecule has 0 bridgehead atoms. The topological polar surface area (TPSA) is 38.3 Å². The summed E-state index contributed by atoms with van der Waals surface area (Å²) in [4.78, 5) is 0. The lowest BCUT2D eigenvalue weighted by molar-refractivity contribution is 0.162. The van der Waals surface area contributed by atoms with Crippen LogP contribution in [-0.2, 0) is 9.09 Å². The Hall–Kier alpha value is 0.370. The van der Waals surface area contributed by atoms with Crippen molar-refractivity contribution in [3.63, 3.8) is 0 Å². The molecule has 0 spiro atoms. The Morgan fingerprint density at radius 3 is 3.10 bits per heavy atom. The van der Waals surface area contributed by atoms with Crippen molar-refractivity contribution < 1.29 is 9.09 Å². The van der Waals surface area contributed by atoms with E-state index in [1.807, 2.05) is 6.92 Å². The van der Waals surface area contributed by atoms with E-state index in [0.717, 1.165) is 18.7 Å². The number of hydrogen-bond acceptors (Lipinski definition) is 4. The van der Waals surface area contributed by atoms with Gasteiger partial charge in [0.2, 0.25) is 5.06 Å². The molecule has 0 radical (unpaired) electrons. The minimum atomic E-state index is -0.674. The zero-order valence-electron chi connectivity index (χ0n) is 5.85. The lowest BCUT2D eigenvalue weighted by atomic mass is 10.4. The molecule has 0 aromatic rings. The van der Waals surface area contributed by atoms with E-state index >= 15 is 0 Å².